The number of methoxy groups -OCH3 is 1. The summed E-state index contributed by atoms with van der Waals surface area (Å²) in [6.45, 7) is 7.19. The van der Waals surface area contributed by atoms with E-state index >= 15 is 0 Å². The number of likely N-dealkylation sites (tertiary alicyclic amines) is 1. The van der Waals surface area contributed by atoms with Crippen LogP contribution in [0.1, 0.15) is 51.4 Å². The number of hydrogen-bond donors (Lipinski definition) is 1. The number of carbonyl (C=O) groups is 2. The Morgan fingerprint density at radius 2 is 2.05 bits per heavy atom. The summed E-state index contributed by atoms with van der Waals surface area (Å²) in [5.41, 5.74) is 2.68. The van der Waals surface area contributed by atoms with Crippen LogP contribution in [0.4, 0.5) is 0 Å². The van der Waals surface area contributed by atoms with E-state index in [1.54, 1.807) is 7.11 Å². The average Bonchev–Trinajstić information content (AvgIpc) is 3.69. The monoisotopic (exact) mass is 549 g/mol. The molecule has 8 nitrogen and oxygen atoms in total. The Morgan fingerprint density at radius 1 is 1.21 bits per heavy atom. The van der Waals surface area contributed by atoms with Gasteiger partial charge in [-0.3, -0.25) is 14.0 Å². The minimum atomic E-state index is -0.156. The minimum Gasteiger partial charge on any atom is -0.497 e. The Morgan fingerprint density at radius 3 is 2.87 bits per heavy atom. The number of ether oxygens (including phenoxy) is 1. The first-order valence-corrected chi connectivity index (χ1v) is 14.7. The van der Waals surface area contributed by atoms with Crippen LogP contribution in [0.2, 0.25) is 0 Å². The summed E-state index contributed by atoms with van der Waals surface area (Å²) in [4.78, 5) is 40.3. The highest BCUT2D eigenvalue weighted by Crippen LogP contribution is 2.46. The van der Waals surface area contributed by atoms with Crippen LogP contribution in [-0.2, 0) is 0 Å². The van der Waals surface area contributed by atoms with Gasteiger partial charge in [0.15, 0.2) is 4.96 Å². The second-order valence-corrected chi connectivity index (χ2v) is 12.6. The first kappa shape index (κ1) is 25.1. The van der Waals surface area contributed by atoms with Gasteiger partial charge in [0.1, 0.15) is 17.1 Å². The van der Waals surface area contributed by atoms with E-state index in [1.807, 2.05) is 59.0 Å². The molecule has 2 aliphatic rings. The quantitative estimate of drug-likeness (QED) is 0.363. The number of hydrogen-bond acceptors (Lipinski definition) is 7. The number of nitrogens with zero attached hydrogens (tertiary/aromatic N) is 4. The zero-order valence-electron chi connectivity index (χ0n) is 21.9. The van der Waals surface area contributed by atoms with Crippen molar-refractivity contribution >= 4 is 39.4 Å². The number of carbonyl (C=O) groups excluding carboxylic acids is 2. The Balaban J connectivity index is 1.28. The molecule has 198 valence electrons. The molecule has 10 heteroatoms. The number of amides is 2. The Labute approximate surface area is 229 Å². The van der Waals surface area contributed by atoms with E-state index in [2.05, 4.69) is 17.2 Å². The highest BCUT2D eigenvalue weighted by molar-refractivity contribution is 7.15. The molecule has 0 radical (unpaired) electrons. The molecule has 1 aromatic carbocycles. The molecule has 2 amide bonds. The highest BCUT2D eigenvalue weighted by atomic mass is 32.1. The first-order valence-electron chi connectivity index (χ1n) is 13.0. The van der Waals surface area contributed by atoms with Crippen LogP contribution in [-0.4, -0.2) is 57.3 Å². The van der Waals surface area contributed by atoms with E-state index in [0.717, 1.165) is 39.0 Å². The molecule has 4 heterocycles. The normalized spacial score (nSPS) is 22.7. The maximum Gasteiger partial charge on any atom is 0.274 e. The van der Waals surface area contributed by atoms with Crippen LogP contribution in [0.3, 0.4) is 0 Å². The predicted octanol–water partition coefficient (Wildman–Crippen LogP) is 5.06. The molecule has 1 unspecified atom stereocenters. The average molecular weight is 550 g/mol. The number of benzene rings is 1. The van der Waals surface area contributed by atoms with Crippen LogP contribution < -0.4 is 10.1 Å². The standard InChI is InChI=1S/C28H31N5O3S2/c1-15-10-19-14-33(27(35)23-25(38-17(3)31-23)18-6-5-7-20(12-18)36-4)22(21(19)11-15)13-29-26(34)24-16(2)30-28-32(24)8-9-37-28/h5-9,12,15,19,21-22H,10-11,13-14H2,1-4H3,(H,29,34)/t15?,19-,21-,22+/m0/s1. The molecule has 2 fully saturated rings. The smallest absolute Gasteiger partial charge is 0.274 e. The maximum absolute atomic E-state index is 14.1. The fourth-order valence-electron chi connectivity index (χ4n) is 6.36. The van der Waals surface area contributed by atoms with Crippen molar-refractivity contribution < 1.29 is 14.3 Å². The second-order valence-electron chi connectivity index (χ2n) is 10.5. The molecule has 1 aliphatic carbocycles. The molecule has 0 spiro atoms. The third kappa shape index (κ3) is 4.29. The molecular formula is C28H31N5O3S2. The predicted molar refractivity (Wildman–Crippen MR) is 149 cm³/mol. The van der Waals surface area contributed by atoms with E-state index in [-0.39, 0.29) is 17.9 Å². The van der Waals surface area contributed by atoms with Crippen molar-refractivity contribution in [1.29, 1.82) is 0 Å². The fraction of sp³-hybridized carbons (Fsp3) is 0.429. The lowest BCUT2D eigenvalue weighted by molar-refractivity contribution is 0.0692. The van der Waals surface area contributed by atoms with Crippen LogP contribution in [0.15, 0.2) is 35.8 Å². The lowest BCUT2D eigenvalue weighted by Crippen LogP contribution is -2.46. The Bertz CT molecular complexity index is 1520. The summed E-state index contributed by atoms with van der Waals surface area (Å²) in [6, 6.07) is 7.68. The van der Waals surface area contributed by atoms with Crippen molar-refractivity contribution in [3.05, 3.63) is 57.9 Å². The van der Waals surface area contributed by atoms with E-state index < -0.39 is 0 Å². The molecule has 4 atom stereocenters. The van der Waals surface area contributed by atoms with Crippen molar-refractivity contribution in [3.63, 3.8) is 0 Å². The largest absolute Gasteiger partial charge is 0.497 e. The number of aryl methyl sites for hydroxylation is 2. The van der Waals surface area contributed by atoms with Crippen LogP contribution >= 0.6 is 22.7 Å². The zero-order chi connectivity index (χ0) is 26.6. The number of imidazole rings is 1. The number of nitrogens with one attached hydrogen (secondary N) is 1. The third-order valence-electron chi connectivity index (χ3n) is 7.96. The molecule has 6 rings (SSSR count). The minimum absolute atomic E-state index is 0.0609. The van der Waals surface area contributed by atoms with Gasteiger partial charge in [0.25, 0.3) is 11.8 Å². The molecule has 1 aliphatic heterocycles. The van der Waals surface area contributed by atoms with E-state index in [4.69, 9.17) is 9.72 Å². The van der Waals surface area contributed by atoms with E-state index in [1.165, 1.54) is 22.7 Å². The summed E-state index contributed by atoms with van der Waals surface area (Å²) >= 11 is 3.03. The van der Waals surface area contributed by atoms with Crippen LogP contribution in [0.5, 0.6) is 5.75 Å². The van der Waals surface area contributed by atoms with Gasteiger partial charge in [0.2, 0.25) is 0 Å². The van der Waals surface area contributed by atoms with Crippen molar-refractivity contribution in [2.75, 3.05) is 20.2 Å². The maximum atomic E-state index is 14.1. The van der Waals surface area contributed by atoms with Gasteiger partial charge in [-0.25, -0.2) is 9.97 Å². The van der Waals surface area contributed by atoms with Gasteiger partial charge in [-0.1, -0.05) is 19.1 Å². The van der Waals surface area contributed by atoms with Gasteiger partial charge in [0.05, 0.1) is 28.7 Å². The second kappa shape index (κ2) is 9.81. The third-order valence-corrected chi connectivity index (χ3v) is 9.74. The van der Waals surface area contributed by atoms with Crippen molar-refractivity contribution in [1.82, 2.24) is 24.6 Å². The SMILES string of the molecule is COc1cccc(-c2sc(C)nc2C(=O)N2C[C@@H]3CC(C)C[C@@H]3[C@H]2CNC(=O)c2c(C)nc3sccn23)c1. The van der Waals surface area contributed by atoms with Gasteiger partial charge in [-0.05, 0) is 62.1 Å². The number of fused-ring (bicyclic) bond motifs is 2. The van der Waals surface area contributed by atoms with Crippen molar-refractivity contribution in [2.24, 2.45) is 17.8 Å². The molecule has 4 aromatic rings. The number of aromatic nitrogens is 3. The molecular weight excluding hydrogens is 518 g/mol. The molecule has 38 heavy (non-hydrogen) atoms. The lowest BCUT2D eigenvalue weighted by Gasteiger charge is -2.28. The van der Waals surface area contributed by atoms with Gasteiger partial charge < -0.3 is 15.0 Å². The van der Waals surface area contributed by atoms with Gasteiger partial charge in [-0.15, -0.1) is 22.7 Å². The van der Waals surface area contributed by atoms with E-state index in [0.29, 0.717) is 47.9 Å². The Hall–Kier alpha value is -3.24. The fourth-order valence-corrected chi connectivity index (χ4v) is 8.02. The van der Waals surface area contributed by atoms with E-state index in [9.17, 15) is 9.59 Å². The van der Waals surface area contributed by atoms with Crippen LogP contribution in [0.25, 0.3) is 15.4 Å². The zero-order valence-corrected chi connectivity index (χ0v) is 23.6. The lowest BCUT2D eigenvalue weighted by atomic mass is 9.93. The summed E-state index contributed by atoms with van der Waals surface area (Å²) in [6.07, 6.45) is 4.04. The summed E-state index contributed by atoms with van der Waals surface area (Å²) < 4.78 is 7.26. The van der Waals surface area contributed by atoms with Gasteiger partial charge >= 0.3 is 0 Å². The topological polar surface area (TPSA) is 88.8 Å². The van der Waals surface area contributed by atoms with Crippen molar-refractivity contribution in [3.8, 4) is 16.2 Å². The summed E-state index contributed by atoms with van der Waals surface area (Å²) in [5, 5.41) is 5.93. The molecule has 3 aromatic heterocycles. The van der Waals surface area contributed by atoms with Crippen molar-refractivity contribution in [2.45, 2.75) is 39.7 Å². The van der Waals surface area contributed by atoms with Gasteiger partial charge in [-0.2, -0.15) is 0 Å². The first-order chi connectivity index (χ1) is 18.3. The Kier molecular flexibility index (Phi) is 6.47. The highest BCUT2D eigenvalue weighted by Gasteiger charge is 2.48. The van der Waals surface area contributed by atoms with Gasteiger partial charge in [0, 0.05) is 24.7 Å². The molecule has 1 N–H and O–H groups in total. The molecule has 1 saturated heterocycles. The number of thiazole rings is 2. The number of rotatable bonds is 6. The van der Waals surface area contributed by atoms with Crippen LogP contribution in [0, 0.1) is 31.6 Å². The molecule has 1 saturated carbocycles. The summed E-state index contributed by atoms with van der Waals surface area (Å²) in [5.74, 6) is 1.95. The molecule has 0 bridgehead atoms. The summed E-state index contributed by atoms with van der Waals surface area (Å²) in [7, 11) is 1.64.